The molecule has 1 atom stereocenters. The zero-order chi connectivity index (χ0) is 29.6. The minimum atomic E-state index is -4.16. The molecule has 1 saturated carbocycles. The molecule has 218 valence electrons. The van der Waals surface area contributed by atoms with Crippen molar-refractivity contribution in [3.8, 4) is 0 Å². The summed E-state index contributed by atoms with van der Waals surface area (Å²) >= 11 is 12.6. The number of sulfonamides is 1. The van der Waals surface area contributed by atoms with Gasteiger partial charge >= 0.3 is 0 Å². The second-order valence-electron chi connectivity index (χ2n) is 10.4. The van der Waals surface area contributed by atoms with Gasteiger partial charge in [0.2, 0.25) is 11.8 Å². The largest absolute Gasteiger partial charge is 0.352 e. The fourth-order valence-electron chi connectivity index (χ4n) is 5.08. The van der Waals surface area contributed by atoms with E-state index in [0.717, 1.165) is 42.0 Å². The predicted octanol–water partition coefficient (Wildman–Crippen LogP) is 6.36. The van der Waals surface area contributed by atoms with E-state index >= 15 is 0 Å². The Morgan fingerprint density at radius 1 is 0.951 bits per heavy atom. The molecule has 0 saturated heterocycles. The molecule has 41 heavy (non-hydrogen) atoms. The molecular weight excluding hydrogens is 581 g/mol. The molecule has 0 bridgehead atoms. The molecule has 1 aliphatic rings. The van der Waals surface area contributed by atoms with Gasteiger partial charge in [-0.2, -0.15) is 0 Å². The van der Waals surface area contributed by atoms with Crippen molar-refractivity contribution in [1.82, 2.24) is 10.2 Å². The fraction of sp³-hybridized carbons (Fsp3) is 0.355. The van der Waals surface area contributed by atoms with Crippen LogP contribution in [0.4, 0.5) is 5.69 Å². The molecule has 0 radical (unpaired) electrons. The Balaban J connectivity index is 1.70. The van der Waals surface area contributed by atoms with Crippen LogP contribution in [0.5, 0.6) is 0 Å². The van der Waals surface area contributed by atoms with Gasteiger partial charge in [0.25, 0.3) is 10.0 Å². The average molecular weight is 617 g/mol. The van der Waals surface area contributed by atoms with Crippen LogP contribution in [0.3, 0.4) is 0 Å². The molecule has 3 aromatic carbocycles. The molecule has 1 fully saturated rings. The first-order chi connectivity index (χ1) is 19.6. The van der Waals surface area contributed by atoms with Gasteiger partial charge in [0.05, 0.1) is 10.6 Å². The average Bonchev–Trinajstić information content (AvgIpc) is 2.97. The lowest BCUT2D eigenvalue weighted by atomic mass is 9.95. The fourth-order valence-corrected chi connectivity index (χ4v) is 6.96. The highest BCUT2D eigenvalue weighted by molar-refractivity contribution is 7.92. The number of rotatable bonds is 10. The number of hydrogen-bond donors (Lipinski definition) is 1. The molecule has 1 N–H and O–H groups in total. The number of amides is 2. The van der Waals surface area contributed by atoms with Crippen LogP contribution >= 0.6 is 23.2 Å². The van der Waals surface area contributed by atoms with E-state index in [1.54, 1.807) is 68.4 Å². The van der Waals surface area contributed by atoms with Crippen molar-refractivity contribution in [3.05, 3.63) is 94.0 Å². The number of nitrogens with one attached hydrogen (secondary N) is 1. The summed E-state index contributed by atoms with van der Waals surface area (Å²) in [4.78, 5) is 29.0. The topological polar surface area (TPSA) is 86.8 Å². The van der Waals surface area contributed by atoms with Crippen LogP contribution in [0.2, 0.25) is 10.0 Å². The lowest BCUT2D eigenvalue weighted by molar-refractivity contribution is -0.139. The summed E-state index contributed by atoms with van der Waals surface area (Å²) in [6, 6.07) is 19.1. The minimum absolute atomic E-state index is 0.0386. The molecule has 3 aromatic rings. The first-order valence-corrected chi connectivity index (χ1v) is 15.9. The zero-order valence-electron chi connectivity index (χ0n) is 23.2. The highest BCUT2D eigenvalue weighted by atomic mass is 35.5. The number of carbonyl (C=O) groups is 2. The van der Waals surface area contributed by atoms with Crippen LogP contribution in [0.15, 0.2) is 77.7 Å². The van der Waals surface area contributed by atoms with Gasteiger partial charge in [-0.05, 0) is 74.2 Å². The number of anilines is 1. The summed E-state index contributed by atoms with van der Waals surface area (Å²) < 4.78 is 29.0. The molecule has 1 unspecified atom stereocenters. The van der Waals surface area contributed by atoms with Gasteiger partial charge in [0, 0.05) is 22.6 Å². The zero-order valence-corrected chi connectivity index (χ0v) is 25.6. The first kappa shape index (κ1) is 30.9. The van der Waals surface area contributed by atoms with E-state index in [-0.39, 0.29) is 29.1 Å². The molecular formula is C31H35Cl2N3O4S. The lowest BCUT2D eigenvalue weighted by Crippen LogP contribution is -2.53. The summed E-state index contributed by atoms with van der Waals surface area (Å²) in [7, 11) is -4.16. The van der Waals surface area contributed by atoms with Crippen LogP contribution in [0, 0.1) is 6.92 Å². The highest BCUT2D eigenvalue weighted by Crippen LogP contribution is 2.31. The predicted molar refractivity (Wildman–Crippen MR) is 164 cm³/mol. The third-order valence-corrected chi connectivity index (χ3v) is 9.90. The molecule has 10 heteroatoms. The van der Waals surface area contributed by atoms with Gasteiger partial charge < -0.3 is 10.2 Å². The number of benzene rings is 3. The standard InChI is InChI=1S/C31H35Cl2N3O4S/c1-22-28(33)17-10-18-29(22)36(41(39,40)27-15-7-4-8-16-27)21-30(37)35(20-24-11-9-12-25(32)19-24)23(2)31(38)34-26-13-5-3-6-14-26/h4,7-12,15-19,23,26H,3,5-6,13-14,20-21H2,1-2H3,(H,34,38). The van der Waals surface area contributed by atoms with Crippen molar-refractivity contribution >= 4 is 50.7 Å². The van der Waals surface area contributed by atoms with Gasteiger partial charge in [0.15, 0.2) is 0 Å². The van der Waals surface area contributed by atoms with Gasteiger partial charge in [-0.25, -0.2) is 8.42 Å². The molecule has 0 spiro atoms. The molecule has 0 aromatic heterocycles. The van der Waals surface area contributed by atoms with Crippen LogP contribution in [-0.4, -0.2) is 43.8 Å². The maximum Gasteiger partial charge on any atom is 0.264 e. The SMILES string of the molecule is Cc1c(Cl)cccc1N(CC(=O)N(Cc1cccc(Cl)c1)C(C)C(=O)NC1CCCCC1)S(=O)(=O)c1ccccc1. The Kier molecular flexibility index (Phi) is 10.3. The van der Waals surface area contributed by atoms with Gasteiger partial charge in [0.1, 0.15) is 12.6 Å². The molecule has 0 aliphatic heterocycles. The quantitative estimate of drug-likeness (QED) is 0.287. The summed E-state index contributed by atoms with van der Waals surface area (Å²) in [6.07, 6.45) is 5.05. The second kappa shape index (κ2) is 13.7. The lowest BCUT2D eigenvalue weighted by Gasteiger charge is -2.33. The smallest absolute Gasteiger partial charge is 0.264 e. The van der Waals surface area contributed by atoms with Crippen LogP contribution in [0.25, 0.3) is 0 Å². The Bertz CT molecular complexity index is 1480. The van der Waals surface area contributed by atoms with Gasteiger partial charge in [-0.15, -0.1) is 0 Å². The van der Waals surface area contributed by atoms with E-state index in [9.17, 15) is 18.0 Å². The highest BCUT2D eigenvalue weighted by Gasteiger charge is 2.34. The Morgan fingerprint density at radius 3 is 2.32 bits per heavy atom. The molecule has 0 heterocycles. The normalized spacial score (nSPS) is 14.7. The number of hydrogen-bond acceptors (Lipinski definition) is 4. The van der Waals surface area contributed by atoms with Gasteiger partial charge in [-0.3, -0.25) is 13.9 Å². The Morgan fingerprint density at radius 2 is 1.63 bits per heavy atom. The van der Waals surface area contributed by atoms with Crippen molar-refractivity contribution in [2.75, 3.05) is 10.8 Å². The summed E-state index contributed by atoms with van der Waals surface area (Å²) in [5.74, 6) is -0.807. The van der Waals surface area contributed by atoms with E-state index in [4.69, 9.17) is 23.2 Å². The summed E-state index contributed by atoms with van der Waals surface area (Å²) in [5.41, 5.74) is 1.53. The van der Waals surface area contributed by atoms with Crippen LogP contribution < -0.4 is 9.62 Å². The minimum Gasteiger partial charge on any atom is -0.352 e. The number of carbonyl (C=O) groups excluding carboxylic acids is 2. The summed E-state index contributed by atoms with van der Waals surface area (Å²) in [5, 5.41) is 3.97. The van der Waals surface area contributed by atoms with Crippen molar-refractivity contribution in [2.45, 2.75) is 69.5 Å². The number of nitrogens with zero attached hydrogens (tertiary/aromatic N) is 2. The molecule has 1 aliphatic carbocycles. The van der Waals surface area contributed by atoms with Crippen molar-refractivity contribution in [2.24, 2.45) is 0 Å². The third-order valence-electron chi connectivity index (χ3n) is 7.48. The van der Waals surface area contributed by atoms with E-state index in [1.807, 2.05) is 6.07 Å². The maximum atomic E-state index is 14.1. The van der Waals surface area contributed by atoms with Crippen molar-refractivity contribution in [3.63, 3.8) is 0 Å². The molecule has 7 nitrogen and oxygen atoms in total. The van der Waals surface area contributed by atoms with Gasteiger partial charge in [-0.1, -0.05) is 78.9 Å². The summed E-state index contributed by atoms with van der Waals surface area (Å²) in [6.45, 7) is 2.92. The van der Waals surface area contributed by atoms with Crippen molar-refractivity contribution < 1.29 is 18.0 Å². The van der Waals surface area contributed by atoms with Crippen LogP contribution in [0.1, 0.15) is 50.2 Å². The molecule has 2 amide bonds. The third kappa shape index (κ3) is 7.61. The second-order valence-corrected chi connectivity index (χ2v) is 13.1. The Hall–Kier alpha value is -3.07. The van der Waals surface area contributed by atoms with E-state index < -0.39 is 28.5 Å². The first-order valence-electron chi connectivity index (χ1n) is 13.7. The van der Waals surface area contributed by atoms with E-state index in [0.29, 0.717) is 15.6 Å². The number of halogens is 2. The molecule has 4 rings (SSSR count). The monoisotopic (exact) mass is 615 g/mol. The van der Waals surface area contributed by atoms with Crippen molar-refractivity contribution in [1.29, 1.82) is 0 Å². The van der Waals surface area contributed by atoms with E-state index in [1.165, 1.54) is 17.0 Å². The van der Waals surface area contributed by atoms with Crippen LogP contribution in [-0.2, 0) is 26.2 Å². The Labute approximate surface area is 252 Å². The van der Waals surface area contributed by atoms with E-state index in [2.05, 4.69) is 5.32 Å². The maximum absolute atomic E-state index is 14.1.